The van der Waals surface area contributed by atoms with E-state index in [0.717, 1.165) is 25.7 Å². The van der Waals surface area contributed by atoms with Crippen molar-refractivity contribution in [1.29, 1.82) is 0 Å². The zero-order valence-electron chi connectivity index (χ0n) is 13.8. The van der Waals surface area contributed by atoms with Crippen molar-refractivity contribution in [2.24, 2.45) is 5.92 Å². The number of aliphatic carboxylic acids is 1. The van der Waals surface area contributed by atoms with Gasteiger partial charge in [0.05, 0.1) is 18.6 Å². The number of hydrogen-bond acceptors (Lipinski definition) is 4. The molecule has 3 N–H and O–H groups in total. The van der Waals surface area contributed by atoms with E-state index in [4.69, 9.17) is 9.84 Å². The molecule has 0 heterocycles. The van der Waals surface area contributed by atoms with Crippen molar-refractivity contribution in [3.63, 3.8) is 0 Å². The maximum absolute atomic E-state index is 11.9. The molecule has 0 spiro atoms. The molecule has 1 aliphatic carbocycles. The van der Waals surface area contributed by atoms with Crippen LogP contribution in [0.4, 0.5) is 4.79 Å². The van der Waals surface area contributed by atoms with Crippen LogP contribution < -0.4 is 5.32 Å². The Morgan fingerprint density at radius 2 is 1.82 bits per heavy atom. The van der Waals surface area contributed by atoms with Gasteiger partial charge in [-0.25, -0.2) is 4.79 Å². The molecule has 128 valence electrons. The third-order valence-electron chi connectivity index (χ3n) is 3.86. The van der Waals surface area contributed by atoms with Gasteiger partial charge < -0.3 is 20.3 Å². The van der Waals surface area contributed by atoms with Crippen molar-refractivity contribution in [1.82, 2.24) is 5.32 Å². The molecular weight excluding hydrogens is 286 g/mol. The summed E-state index contributed by atoms with van der Waals surface area (Å²) in [5.74, 6) is -0.663. The fraction of sp³-hybridized carbons (Fsp3) is 0.875. The standard InChI is InChI=1S/C16H29NO5/c1-16(2,3)22-15(21)17-12(13(18)10-14(19)20)9-11-7-5-4-6-8-11/h11-13,18H,4-10H2,1-3H3,(H,17,21)(H,19,20)/t12-,13-/m1/s1. The molecule has 1 amide bonds. The molecule has 0 aromatic heterocycles. The van der Waals surface area contributed by atoms with Crippen LogP contribution >= 0.6 is 0 Å². The minimum Gasteiger partial charge on any atom is -0.481 e. The molecule has 0 aromatic rings. The van der Waals surface area contributed by atoms with Crippen molar-refractivity contribution in [2.75, 3.05) is 0 Å². The number of nitrogens with one attached hydrogen (secondary N) is 1. The summed E-state index contributed by atoms with van der Waals surface area (Å²) in [6, 6.07) is -0.589. The van der Waals surface area contributed by atoms with E-state index >= 15 is 0 Å². The van der Waals surface area contributed by atoms with Crippen LogP contribution in [0, 0.1) is 5.92 Å². The summed E-state index contributed by atoms with van der Waals surface area (Å²) in [7, 11) is 0. The van der Waals surface area contributed by atoms with Crippen LogP contribution in [0.25, 0.3) is 0 Å². The molecule has 1 fully saturated rings. The van der Waals surface area contributed by atoms with E-state index in [1.807, 2.05) is 0 Å². The van der Waals surface area contributed by atoms with E-state index in [-0.39, 0.29) is 6.42 Å². The lowest BCUT2D eigenvalue weighted by molar-refractivity contribution is -0.139. The van der Waals surface area contributed by atoms with Gasteiger partial charge in [-0.2, -0.15) is 0 Å². The highest BCUT2D eigenvalue weighted by molar-refractivity contribution is 5.69. The van der Waals surface area contributed by atoms with E-state index < -0.39 is 29.8 Å². The Labute approximate surface area is 132 Å². The first-order chi connectivity index (χ1) is 10.2. The highest BCUT2D eigenvalue weighted by Gasteiger charge is 2.29. The van der Waals surface area contributed by atoms with Crippen LogP contribution in [0.2, 0.25) is 0 Å². The summed E-state index contributed by atoms with van der Waals surface area (Å²) in [5, 5.41) is 21.6. The Morgan fingerprint density at radius 1 is 1.23 bits per heavy atom. The Kier molecular flexibility index (Phi) is 7.13. The van der Waals surface area contributed by atoms with E-state index in [0.29, 0.717) is 12.3 Å². The molecule has 0 saturated heterocycles. The van der Waals surface area contributed by atoms with Crippen molar-refractivity contribution < 1.29 is 24.5 Å². The molecule has 6 heteroatoms. The third-order valence-corrected chi connectivity index (χ3v) is 3.86. The molecule has 22 heavy (non-hydrogen) atoms. The first-order valence-corrected chi connectivity index (χ1v) is 8.07. The van der Waals surface area contributed by atoms with Crippen LogP contribution in [0.15, 0.2) is 0 Å². The first-order valence-electron chi connectivity index (χ1n) is 8.07. The van der Waals surface area contributed by atoms with Crippen LogP contribution in [0.3, 0.4) is 0 Å². The topological polar surface area (TPSA) is 95.9 Å². The van der Waals surface area contributed by atoms with Gasteiger partial charge in [-0.15, -0.1) is 0 Å². The SMILES string of the molecule is CC(C)(C)OC(=O)N[C@H](CC1CCCCC1)[C@H](O)CC(=O)O. The smallest absolute Gasteiger partial charge is 0.407 e. The van der Waals surface area contributed by atoms with Crippen LogP contribution in [0.1, 0.15) is 65.7 Å². The lowest BCUT2D eigenvalue weighted by Crippen LogP contribution is -2.47. The van der Waals surface area contributed by atoms with E-state index in [1.54, 1.807) is 20.8 Å². The minimum absolute atomic E-state index is 0.382. The lowest BCUT2D eigenvalue weighted by Gasteiger charge is -2.30. The minimum atomic E-state index is -1.10. The van der Waals surface area contributed by atoms with Crippen molar-refractivity contribution in [2.45, 2.75) is 83.5 Å². The van der Waals surface area contributed by atoms with Gasteiger partial charge in [-0.05, 0) is 33.1 Å². The summed E-state index contributed by atoms with van der Waals surface area (Å²) in [6.45, 7) is 5.28. The number of alkyl carbamates (subject to hydrolysis) is 1. The average molecular weight is 315 g/mol. The van der Waals surface area contributed by atoms with Gasteiger partial charge in [-0.1, -0.05) is 32.1 Å². The summed E-state index contributed by atoms with van der Waals surface area (Å²) in [5.41, 5.74) is -0.628. The second kappa shape index (κ2) is 8.36. The Morgan fingerprint density at radius 3 is 2.32 bits per heavy atom. The number of carboxylic acids is 1. The molecule has 6 nitrogen and oxygen atoms in total. The number of ether oxygens (including phenoxy) is 1. The number of carbonyl (C=O) groups excluding carboxylic acids is 1. The summed E-state index contributed by atoms with van der Waals surface area (Å²) < 4.78 is 5.20. The first kappa shape index (κ1) is 18.7. The van der Waals surface area contributed by atoms with Gasteiger partial charge in [0.2, 0.25) is 0 Å². The van der Waals surface area contributed by atoms with E-state index in [2.05, 4.69) is 5.32 Å². The molecule has 2 atom stereocenters. The van der Waals surface area contributed by atoms with Gasteiger partial charge in [0.25, 0.3) is 0 Å². The Balaban J connectivity index is 2.63. The van der Waals surface area contributed by atoms with Crippen LogP contribution in [0.5, 0.6) is 0 Å². The molecule has 0 bridgehead atoms. The fourth-order valence-electron chi connectivity index (χ4n) is 2.87. The normalized spacial score (nSPS) is 19.3. The lowest BCUT2D eigenvalue weighted by atomic mass is 9.83. The molecule has 0 aromatic carbocycles. The number of hydrogen-bond donors (Lipinski definition) is 3. The number of carbonyl (C=O) groups is 2. The third kappa shape index (κ3) is 7.64. The van der Waals surface area contributed by atoms with Gasteiger partial charge in [0, 0.05) is 0 Å². The van der Waals surface area contributed by atoms with E-state index in [9.17, 15) is 14.7 Å². The highest BCUT2D eigenvalue weighted by Crippen LogP contribution is 2.28. The Hall–Kier alpha value is -1.30. The van der Waals surface area contributed by atoms with Gasteiger partial charge in [-0.3, -0.25) is 4.79 Å². The van der Waals surface area contributed by atoms with Crippen molar-refractivity contribution in [3.05, 3.63) is 0 Å². The fourth-order valence-corrected chi connectivity index (χ4v) is 2.87. The summed E-state index contributed by atoms with van der Waals surface area (Å²) in [4.78, 5) is 22.7. The molecule has 1 rings (SSSR count). The predicted octanol–water partition coefficient (Wildman–Crippen LogP) is 2.69. The zero-order valence-corrected chi connectivity index (χ0v) is 13.8. The predicted molar refractivity (Wildman–Crippen MR) is 82.6 cm³/mol. The molecule has 0 unspecified atom stereocenters. The second-order valence-corrected chi connectivity index (χ2v) is 7.16. The van der Waals surface area contributed by atoms with Crippen LogP contribution in [-0.4, -0.2) is 40.0 Å². The summed E-state index contributed by atoms with van der Waals surface area (Å²) in [6.07, 6.45) is 4.14. The van der Waals surface area contributed by atoms with Gasteiger partial charge in [0.15, 0.2) is 0 Å². The zero-order chi connectivity index (χ0) is 16.8. The number of rotatable bonds is 6. The van der Waals surface area contributed by atoms with Crippen molar-refractivity contribution in [3.8, 4) is 0 Å². The number of aliphatic hydroxyl groups excluding tert-OH is 1. The molecule has 0 aliphatic heterocycles. The summed E-state index contributed by atoms with van der Waals surface area (Å²) >= 11 is 0. The number of carboxylic acid groups (broad SMARTS) is 1. The molecule has 1 aliphatic rings. The monoisotopic (exact) mass is 315 g/mol. The maximum Gasteiger partial charge on any atom is 0.407 e. The van der Waals surface area contributed by atoms with E-state index in [1.165, 1.54) is 6.42 Å². The molecule has 1 saturated carbocycles. The average Bonchev–Trinajstić information content (AvgIpc) is 2.36. The quantitative estimate of drug-likeness (QED) is 0.700. The van der Waals surface area contributed by atoms with Crippen molar-refractivity contribution >= 4 is 12.1 Å². The number of aliphatic hydroxyl groups is 1. The molecule has 0 radical (unpaired) electrons. The van der Waals surface area contributed by atoms with Crippen LogP contribution in [-0.2, 0) is 9.53 Å². The Bertz CT molecular complexity index is 371. The largest absolute Gasteiger partial charge is 0.481 e. The van der Waals surface area contributed by atoms with Gasteiger partial charge >= 0.3 is 12.1 Å². The maximum atomic E-state index is 11.9. The molecular formula is C16H29NO5. The van der Waals surface area contributed by atoms with Gasteiger partial charge in [0.1, 0.15) is 5.60 Å². The second-order valence-electron chi connectivity index (χ2n) is 7.16. The number of amides is 1. The highest BCUT2D eigenvalue weighted by atomic mass is 16.6.